The van der Waals surface area contributed by atoms with E-state index in [-0.39, 0.29) is 11.7 Å². The summed E-state index contributed by atoms with van der Waals surface area (Å²) in [5.41, 5.74) is 6.42. The number of carbonyl (C=O) groups is 1. The highest BCUT2D eigenvalue weighted by atomic mass is 32.1. The Kier molecular flexibility index (Phi) is 6.91. The molecule has 0 saturated carbocycles. The lowest BCUT2D eigenvalue weighted by Gasteiger charge is -2.22. The van der Waals surface area contributed by atoms with Crippen LogP contribution in [-0.4, -0.2) is 48.7 Å². The third-order valence-electron chi connectivity index (χ3n) is 2.62. The molecule has 0 atom stereocenters. The number of ether oxygens (including phenoxy) is 1. The van der Waals surface area contributed by atoms with Gasteiger partial charge in [0.15, 0.2) is 0 Å². The summed E-state index contributed by atoms with van der Waals surface area (Å²) in [6, 6.07) is 1.93. The molecule has 0 aliphatic carbocycles. The van der Waals surface area contributed by atoms with Gasteiger partial charge in [0.2, 0.25) is 5.91 Å². The SMILES string of the molecule is COCCN(CCC(N)=NO)C(=O)Cc1ccsc1. The molecule has 3 N–H and O–H groups in total. The van der Waals surface area contributed by atoms with Crippen LogP contribution in [0.5, 0.6) is 0 Å². The highest BCUT2D eigenvalue weighted by Gasteiger charge is 2.14. The van der Waals surface area contributed by atoms with E-state index in [9.17, 15) is 4.79 Å². The van der Waals surface area contributed by atoms with Gasteiger partial charge in [-0.2, -0.15) is 11.3 Å². The van der Waals surface area contributed by atoms with Crippen molar-refractivity contribution in [2.45, 2.75) is 12.8 Å². The van der Waals surface area contributed by atoms with Crippen molar-refractivity contribution in [2.24, 2.45) is 10.9 Å². The Balaban J connectivity index is 2.53. The Morgan fingerprint density at radius 2 is 2.37 bits per heavy atom. The zero-order valence-electron chi connectivity index (χ0n) is 10.9. The van der Waals surface area contributed by atoms with Gasteiger partial charge in [-0.05, 0) is 22.4 Å². The van der Waals surface area contributed by atoms with Crippen molar-refractivity contribution < 1.29 is 14.7 Å². The Morgan fingerprint density at radius 3 is 2.95 bits per heavy atom. The quantitative estimate of drug-likeness (QED) is 0.321. The number of carbonyl (C=O) groups excluding carboxylic acids is 1. The monoisotopic (exact) mass is 285 g/mol. The first-order valence-electron chi connectivity index (χ1n) is 5.91. The third kappa shape index (κ3) is 5.71. The Labute approximate surface area is 116 Å². The van der Waals surface area contributed by atoms with Crippen molar-refractivity contribution in [1.29, 1.82) is 0 Å². The smallest absolute Gasteiger partial charge is 0.227 e. The molecule has 0 saturated heterocycles. The fourth-order valence-corrected chi connectivity index (χ4v) is 2.21. The second-order valence-electron chi connectivity index (χ2n) is 4.02. The predicted octanol–water partition coefficient (Wildman–Crippen LogP) is 0.902. The summed E-state index contributed by atoms with van der Waals surface area (Å²) in [4.78, 5) is 13.8. The molecule has 1 heterocycles. The van der Waals surface area contributed by atoms with Crippen LogP contribution < -0.4 is 5.73 Å². The second kappa shape index (κ2) is 8.49. The summed E-state index contributed by atoms with van der Waals surface area (Å²) in [5, 5.41) is 15.3. The average Bonchev–Trinajstić information content (AvgIpc) is 2.91. The van der Waals surface area contributed by atoms with Gasteiger partial charge in [0, 0.05) is 26.6 Å². The first-order valence-corrected chi connectivity index (χ1v) is 6.85. The van der Waals surface area contributed by atoms with Crippen LogP contribution in [0.2, 0.25) is 0 Å². The number of hydrogen-bond acceptors (Lipinski definition) is 5. The van der Waals surface area contributed by atoms with Crippen LogP contribution in [0.1, 0.15) is 12.0 Å². The minimum absolute atomic E-state index is 0.0150. The molecule has 1 rings (SSSR count). The third-order valence-corrected chi connectivity index (χ3v) is 3.35. The molecule has 0 radical (unpaired) electrons. The van der Waals surface area contributed by atoms with Crippen LogP contribution in [0.15, 0.2) is 22.0 Å². The molecule has 19 heavy (non-hydrogen) atoms. The van der Waals surface area contributed by atoms with E-state index in [1.165, 1.54) is 0 Å². The molecule has 0 unspecified atom stereocenters. The molecule has 0 aliphatic heterocycles. The van der Waals surface area contributed by atoms with Crippen LogP contribution in [0.4, 0.5) is 0 Å². The van der Waals surface area contributed by atoms with Crippen molar-refractivity contribution in [3.05, 3.63) is 22.4 Å². The number of nitrogens with two attached hydrogens (primary N) is 1. The zero-order valence-corrected chi connectivity index (χ0v) is 11.7. The van der Waals surface area contributed by atoms with E-state index < -0.39 is 0 Å². The molecule has 0 aromatic carbocycles. The average molecular weight is 285 g/mol. The molecule has 0 fully saturated rings. The summed E-state index contributed by atoms with van der Waals surface area (Å²) >= 11 is 1.57. The predicted molar refractivity (Wildman–Crippen MR) is 74.5 cm³/mol. The summed E-state index contributed by atoms with van der Waals surface area (Å²) in [5.74, 6) is 0.131. The van der Waals surface area contributed by atoms with E-state index in [0.717, 1.165) is 5.56 Å². The second-order valence-corrected chi connectivity index (χ2v) is 4.80. The molecule has 1 amide bonds. The summed E-state index contributed by atoms with van der Waals surface area (Å²) in [6.07, 6.45) is 0.707. The van der Waals surface area contributed by atoms with Gasteiger partial charge in [-0.25, -0.2) is 0 Å². The van der Waals surface area contributed by atoms with Gasteiger partial charge in [0.25, 0.3) is 0 Å². The van der Waals surface area contributed by atoms with Crippen molar-refractivity contribution in [3.8, 4) is 0 Å². The van der Waals surface area contributed by atoms with Gasteiger partial charge < -0.3 is 20.6 Å². The molecule has 1 aromatic heterocycles. The van der Waals surface area contributed by atoms with Crippen LogP contribution in [0.25, 0.3) is 0 Å². The lowest BCUT2D eigenvalue weighted by molar-refractivity contribution is -0.131. The first kappa shape index (κ1) is 15.5. The fraction of sp³-hybridized carbons (Fsp3) is 0.500. The molecule has 0 aliphatic rings. The van der Waals surface area contributed by atoms with Crippen molar-refractivity contribution in [1.82, 2.24) is 4.90 Å². The normalized spacial score (nSPS) is 11.5. The maximum absolute atomic E-state index is 12.1. The van der Waals surface area contributed by atoms with Crippen LogP contribution >= 0.6 is 11.3 Å². The minimum atomic E-state index is 0.0150. The largest absolute Gasteiger partial charge is 0.409 e. The van der Waals surface area contributed by atoms with E-state index in [4.69, 9.17) is 15.7 Å². The highest BCUT2D eigenvalue weighted by Crippen LogP contribution is 2.08. The van der Waals surface area contributed by atoms with Gasteiger partial charge >= 0.3 is 0 Å². The van der Waals surface area contributed by atoms with Crippen molar-refractivity contribution in [3.63, 3.8) is 0 Å². The number of amides is 1. The molecular formula is C12H19N3O3S. The van der Waals surface area contributed by atoms with Gasteiger partial charge in [0.1, 0.15) is 5.84 Å². The molecule has 106 valence electrons. The Bertz CT molecular complexity index is 406. The summed E-state index contributed by atoms with van der Waals surface area (Å²) in [7, 11) is 1.59. The van der Waals surface area contributed by atoms with E-state index in [0.29, 0.717) is 32.5 Å². The number of methoxy groups -OCH3 is 1. The van der Waals surface area contributed by atoms with E-state index in [1.807, 2.05) is 16.8 Å². The van der Waals surface area contributed by atoms with Crippen LogP contribution in [0, 0.1) is 0 Å². The molecule has 7 heteroatoms. The topological polar surface area (TPSA) is 88.2 Å². The summed E-state index contributed by atoms with van der Waals surface area (Å²) < 4.78 is 4.99. The van der Waals surface area contributed by atoms with E-state index in [1.54, 1.807) is 23.3 Å². The number of oxime groups is 1. The number of hydrogen-bond donors (Lipinski definition) is 2. The zero-order chi connectivity index (χ0) is 14.1. The lowest BCUT2D eigenvalue weighted by atomic mass is 10.2. The Hall–Kier alpha value is -1.60. The standard InChI is InChI=1S/C12H19N3O3S/c1-18-6-5-15(4-2-11(13)14-17)12(16)8-10-3-7-19-9-10/h3,7,9,17H,2,4-6,8H2,1H3,(H2,13,14). The highest BCUT2D eigenvalue weighted by molar-refractivity contribution is 7.07. The van der Waals surface area contributed by atoms with Gasteiger partial charge in [-0.1, -0.05) is 5.16 Å². The van der Waals surface area contributed by atoms with Gasteiger partial charge in [-0.3, -0.25) is 4.79 Å². The van der Waals surface area contributed by atoms with Crippen LogP contribution in [-0.2, 0) is 16.0 Å². The van der Waals surface area contributed by atoms with E-state index >= 15 is 0 Å². The number of rotatable bonds is 8. The first-order chi connectivity index (χ1) is 9.17. The number of amidine groups is 1. The maximum Gasteiger partial charge on any atom is 0.227 e. The number of thiophene rings is 1. The molecule has 0 spiro atoms. The minimum Gasteiger partial charge on any atom is -0.409 e. The van der Waals surface area contributed by atoms with Crippen molar-refractivity contribution in [2.75, 3.05) is 26.8 Å². The molecular weight excluding hydrogens is 266 g/mol. The summed E-state index contributed by atoms with van der Waals surface area (Å²) in [6.45, 7) is 1.38. The fourth-order valence-electron chi connectivity index (χ4n) is 1.54. The molecule has 1 aromatic rings. The van der Waals surface area contributed by atoms with E-state index in [2.05, 4.69) is 5.16 Å². The lowest BCUT2D eigenvalue weighted by Crippen LogP contribution is -2.37. The molecule has 0 bridgehead atoms. The van der Waals surface area contributed by atoms with Gasteiger partial charge in [0.05, 0.1) is 13.0 Å². The Morgan fingerprint density at radius 1 is 1.58 bits per heavy atom. The van der Waals surface area contributed by atoms with Gasteiger partial charge in [-0.15, -0.1) is 0 Å². The van der Waals surface area contributed by atoms with Crippen molar-refractivity contribution >= 4 is 23.1 Å². The maximum atomic E-state index is 12.1. The number of nitrogens with zero attached hydrogens (tertiary/aromatic N) is 2. The van der Waals surface area contributed by atoms with Crippen LogP contribution in [0.3, 0.4) is 0 Å². The molecule has 6 nitrogen and oxygen atoms in total.